The van der Waals surface area contributed by atoms with E-state index in [0.29, 0.717) is 43.7 Å². The molecule has 0 saturated heterocycles. The number of carbonyl (C=O) groups excluding carboxylic acids is 1. The maximum Gasteiger partial charge on any atom is 0.412 e. The molecule has 8 heteroatoms. The van der Waals surface area contributed by atoms with Gasteiger partial charge in [0, 0.05) is 30.3 Å². The monoisotopic (exact) mass is 560 g/mol. The number of hydrogen-bond acceptors (Lipinski definition) is 5. The molecule has 0 bridgehead atoms. The maximum absolute atomic E-state index is 12.7. The van der Waals surface area contributed by atoms with Gasteiger partial charge in [-0.1, -0.05) is 67.1 Å². The van der Waals surface area contributed by atoms with E-state index in [2.05, 4.69) is 5.32 Å². The summed E-state index contributed by atoms with van der Waals surface area (Å²) in [6, 6.07) is 24.6. The Morgan fingerprint density at radius 1 is 0.854 bits per heavy atom. The standard InChI is InChI=1S/C33H40N2O6/c36-21-9-1-2-10-22-40-29-19-20-30(26-13-7-4-8-14-26)31(23-29)35(33(38)39)28-17-15-27(16-18-28)34-32(37)41-24-25-11-5-3-6-12-25/h3-8,11-14,19-20,23,27-28,36H,1-2,9-10,15-18,21-22,24H2,(H,34,37)(H,38,39)/t27-,28-. The van der Waals surface area contributed by atoms with Crippen molar-refractivity contribution in [3.05, 3.63) is 84.4 Å². The zero-order valence-electron chi connectivity index (χ0n) is 23.4. The van der Waals surface area contributed by atoms with E-state index in [4.69, 9.17) is 14.6 Å². The van der Waals surface area contributed by atoms with Crippen LogP contribution in [0, 0.1) is 0 Å². The zero-order chi connectivity index (χ0) is 28.9. The number of alkyl carbamates (subject to hydrolysis) is 1. The number of unbranched alkanes of at least 4 members (excludes halogenated alkanes) is 3. The van der Waals surface area contributed by atoms with Crippen LogP contribution in [0.15, 0.2) is 78.9 Å². The van der Waals surface area contributed by atoms with Crippen molar-refractivity contribution in [1.29, 1.82) is 0 Å². The lowest BCUT2D eigenvalue weighted by atomic mass is 9.89. The first-order valence-electron chi connectivity index (χ1n) is 14.5. The number of nitrogens with zero attached hydrogens (tertiary/aromatic N) is 1. The van der Waals surface area contributed by atoms with Crippen LogP contribution >= 0.6 is 0 Å². The molecule has 218 valence electrons. The summed E-state index contributed by atoms with van der Waals surface area (Å²) in [4.78, 5) is 26.5. The van der Waals surface area contributed by atoms with E-state index in [-0.39, 0.29) is 25.3 Å². The van der Waals surface area contributed by atoms with Gasteiger partial charge in [0.25, 0.3) is 0 Å². The van der Waals surface area contributed by atoms with Crippen molar-refractivity contribution < 1.29 is 29.3 Å². The minimum Gasteiger partial charge on any atom is -0.494 e. The lowest BCUT2D eigenvalue weighted by molar-refractivity contribution is 0.132. The number of hydrogen-bond donors (Lipinski definition) is 3. The van der Waals surface area contributed by atoms with Gasteiger partial charge in [0.05, 0.1) is 12.3 Å². The Bertz CT molecular complexity index is 1230. The zero-order valence-corrected chi connectivity index (χ0v) is 23.4. The SMILES string of the molecule is O=C(N[C@H]1CC[C@H](N(C(=O)O)c2cc(OCCCCCCO)ccc2-c2ccccc2)CC1)OCc1ccccc1. The van der Waals surface area contributed by atoms with E-state index < -0.39 is 12.2 Å². The number of aliphatic hydroxyl groups excluding tert-OH is 1. The molecule has 2 amide bonds. The minimum atomic E-state index is -1.01. The van der Waals surface area contributed by atoms with Gasteiger partial charge in [0.1, 0.15) is 12.4 Å². The van der Waals surface area contributed by atoms with Crippen molar-refractivity contribution in [1.82, 2.24) is 5.32 Å². The fourth-order valence-electron chi connectivity index (χ4n) is 5.29. The number of anilines is 1. The summed E-state index contributed by atoms with van der Waals surface area (Å²) in [5, 5.41) is 22.3. The van der Waals surface area contributed by atoms with Crippen LogP contribution in [0.25, 0.3) is 11.1 Å². The number of aliphatic hydroxyl groups is 1. The Morgan fingerprint density at radius 3 is 2.22 bits per heavy atom. The number of benzene rings is 3. The summed E-state index contributed by atoms with van der Waals surface area (Å²) in [5.74, 6) is 0.629. The molecule has 1 aliphatic carbocycles. The van der Waals surface area contributed by atoms with Gasteiger partial charge in [-0.25, -0.2) is 9.59 Å². The molecule has 0 atom stereocenters. The summed E-state index contributed by atoms with van der Waals surface area (Å²) in [6.07, 6.45) is 4.63. The molecule has 1 fully saturated rings. The molecule has 0 aromatic heterocycles. The highest BCUT2D eigenvalue weighted by Gasteiger charge is 2.32. The van der Waals surface area contributed by atoms with Gasteiger partial charge in [0.15, 0.2) is 0 Å². The topological polar surface area (TPSA) is 108 Å². The first-order chi connectivity index (χ1) is 20.0. The van der Waals surface area contributed by atoms with E-state index >= 15 is 0 Å². The van der Waals surface area contributed by atoms with E-state index in [1.807, 2.05) is 78.9 Å². The Kier molecular flexibility index (Phi) is 11.4. The second kappa shape index (κ2) is 15.7. The van der Waals surface area contributed by atoms with Crippen LogP contribution in [0.3, 0.4) is 0 Å². The van der Waals surface area contributed by atoms with Crippen LogP contribution in [0.2, 0.25) is 0 Å². The highest BCUT2D eigenvalue weighted by Crippen LogP contribution is 2.38. The Balaban J connectivity index is 1.42. The third kappa shape index (κ3) is 8.98. The van der Waals surface area contributed by atoms with Gasteiger partial charge in [-0.15, -0.1) is 0 Å². The fourth-order valence-corrected chi connectivity index (χ4v) is 5.29. The highest BCUT2D eigenvalue weighted by molar-refractivity contribution is 5.94. The second-order valence-corrected chi connectivity index (χ2v) is 10.4. The van der Waals surface area contributed by atoms with Gasteiger partial charge >= 0.3 is 12.2 Å². The molecule has 8 nitrogen and oxygen atoms in total. The molecule has 0 radical (unpaired) electrons. The van der Waals surface area contributed by atoms with Crippen molar-refractivity contribution in [2.75, 3.05) is 18.1 Å². The van der Waals surface area contributed by atoms with Crippen LogP contribution in [0.4, 0.5) is 15.3 Å². The normalized spacial score (nSPS) is 16.5. The Hall–Kier alpha value is -4.04. The average molecular weight is 561 g/mol. The van der Waals surface area contributed by atoms with Crippen LogP contribution in [0.1, 0.15) is 56.9 Å². The first-order valence-corrected chi connectivity index (χ1v) is 14.5. The molecule has 1 saturated carbocycles. The maximum atomic E-state index is 12.7. The highest BCUT2D eigenvalue weighted by atomic mass is 16.5. The molecule has 3 N–H and O–H groups in total. The van der Waals surface area contributed by atoms with E-state index in [9.17, 15) is 14.7 Å². The van der Waals surface area contributed by atoms with E-state index in [1.165, 1.54) is 4.90 Å². The van der Waals surface area contributed by atoms with Crippen LogP contribution in [0.5, 0.6) is 5.75 Å². The number of amides is 2. The summed E-state index contributed by atoms with van der Waals surface area (Å²) < 4.78 is 11.4. The van der Waals surface area contributed by atoms with Crippen LogP contribution in [-0.4, -0.2) is 47.7 Å². The minimum absolute atomic E-state index is 0.0701. The predicted octanol–water partition coefficient (Wildman–Crippen LogP) is 7.01. The molecular weight excluding hydrogens is 520 g/mol. The summed E-state index contributed by atoms with van der Waals surface area (Å²) in [6.45, 7) is 0.935. The Morgan fingerprint density at radius 2 is 1.54 bits per heavy atom. The molecule has 0 aliphatic heterocycles. The third-order valence-corrected chi connectivity index (χ3v) is 7.44. The predicted molar refractivity (Wildman–Crippen MR) is 159 cm³/mol. The van der Waals surface area contributed by atoms with Gasteiger partial charge in [-0.05, 0) is 68.2 Å². The molecule has 4 rings (SSSR count). The average Bonchev–Trinajstić information content (AvgIpc) is 3.00. The van der Waals surface area contributed by atoms with Gasteiger partial charge in [-0.2, -0.15) is 0 Å². The molecule has 3 aromatic carbocycles. The lowest BCUT2D eigenvalue weighted by Gasteiger charge is -2.36. The van der Waals surface area contributed by atoms with Crippen molar-refractivity contribution in [3.63, 3.8) is 0 Å². The van der Waals surface area contributed by atoms with Gasteiger partial charge < -0.3 is 25.0 Å². The summed E-state index contributed by atoms with van der Waals surface area (Å²) in [7, 11) is 0. The number of carbonyl (C=O) groups is 2. The van der Waals surface area contributed by atoms with Gasteiger partial charge in [0.2, 0.25) is 0 Å². The van der Waals surface area contributed by atoms with E-state index in [1.54, 1.807) is 0 Å². The Labute approximate surface area is 241 Å². The summed E-state index contributed by atoms with van der Waals surface area (Å²) >= 11 is 0. The number of rotatable bonds is 13. The van der Waals surface area contributed by atoms with Gasteiger partial charge in [-0.3, -0.25) is 4.90 Å². The van der Waals surface area contributed by atoms with Crippen molar-refractivity contribution in [3.8, 4) is 16.9 Å². The number of nitrogens with one attached hydrogen (secondary N) is 1. The fraction of sp³-hybridized carbons (Fsp3) is 0.394. The van der Waals surface area contributed by atoms with E-state index in [0.717, 1.165) is 42.4 Å². The smallest absolute Gasteiger partial charge is 0.412 e. The van der Waals surface area contributed by atoms with Crippen LogP contribution < -0.4 is 15.0 Å². The van der Waals surface area contributed by atoms with Crippen molar-refractivity contribution >= 4 is 17.9 Å². The van der Waals surface area contributed by atoms with Crippen LogP contribution in [-0.2, 0) is 11.3 Å². The number of carboxylic acid groups (broad SMARTS) is 1. The molecule has 0 unspecified atom stereocenters. The van der Waals surface area contributed by atoms with Crippen molar-refractivity contribution in [2.24, 2.45) is 0 Å². The van der Waals surface area contributed by atoms with Crippen molar-refractivity contribution in [2.45, 2.75) is 70.1 Å². The summed E-state index contributed by atoms with van der Waals surface area (Å²) in [5.41, 5.74) is 3.28. The molecule has 41 heavy (non-hydrogen) atoms. The molecule has 3 aromatic rings. The quantitative estimate of drug-likeness (QED) is 0.194. The molecule has 0 heterocycles. The molecule has 0 spiro atoms. The second-order valence-electron chi connectivity index (χ2n) is 10.4. The third-order valence-electron chi connectivity index (χ3n) is 7.44. The first kappa shape index (κ1) is 29.9. The molecule has 1 aliphatic rings. The number of ether oxygens (including phenoxy) is 2. The lowest BCUT2D eigenvalue weighted by Crippen LogP contribution is -2.46. The largest absolute Gasteiger partial charge is 0.494 e. The molecular formula is C33H40N2O6.